The number of cyclic esters (lactones) is 2. The number of benzene rings is 1. The number of hydrogen-bond donors (Lipinski definition) is 0. The standard InChI is InChI=1S/C15H9NO7/c17-13-11(8-10-6-7-12(21-10)16(19)20)14(18)23-15(22-13)9-4-2-1-3-5-9/h1-8,15H. The number of furan rings is 1. The van der Waals surface area contributed by atoms with E-state index < -0.39 is 34.6 Å². The highest BCUT2D eigenvalue weighted by Gasteiger charge is 2.34. The summed E-state index contributed by atoms with van der Waals surface area (Å²) in [5.41, 5.74) is 0.114. The summed E-state index contributed by atoms with van der Waals surface area (Å²) < 4.78 is 15.0. The normalized spacial score (nSPS) is 17.4. The van der Waals surface area contributed by atoms with Gasteiger partial charge in [-0.05, 0) is 6.07 Å². The molecule has 1 aliphatic heterocycles. The van der Waals surface area contributed by atoms with E-state index in [-0.39, 0.29) is 5.76 Å². The number of carbonyl (C=O) groups excluding carboxylic acids is 2. The summed E-state index contributed by atoms with van der Waals surface area (Å²) in [6, 6.07) is 10.9. The van der Waals surface area contributed by atoms with Gasteiger partial charge in [0.2, 0.25) is 0 Å². The predicted octanol–water partition coefficient (Wildman–Crippen LogP) is 2.37. The number of hydrogen-bond acceptors (Lipinski definition) is 7. The number of ether oxygens (including phenoxy) is 2. The summed E-state index contributed by atoms with van der Waals surface area (Å²) in [5, 5.41) is 10.5. The summed E-state index contributed by atoms with van der Waals surface area (Å²) in [6.45, 7) is 0. The average Bonchev–Trinajstić information content (AvgIpc) is 3.00. The van der Waals surface area contributed by atoms with Crippen molar-refractivity contribution in [1.82, 2.24) is 0 Å². The highest BCUT2D eigenvalue weighted by molar-refractivity contribution is 6.18. The van der Waals surface area contributed by atoms with Gasteiger partial charge in [-0.3, -0.25) is 10.1 Å². The minimum atomic E-state index is -1.13. The van der Waals surface area contributed by atoms with E-state index in [4.69, 9.17) is 13.9 Å². The van der Waals surface area contributed by atoms with Crippen molar-refractivity contribution in [2.24, 2.45) is 0 Å². The van der Waals surface area contributed by atoms with Crippen molar-refractivity contribution in [3.05, 3.63) is 69.5 Å². The number of esters is 2. The molecule has 23 heavy (non-hydrogen) atoms. The molecule has 0 bridgehead atoms. The Morgan fingerprint density at radius 2 is 1.65 bits per heavy atom. The van der Waals surface area contributed by atoms with E-state index in [1.165, 1.54) is 6.07 Å². The molecule has 1 aromatic carbocycles. The van der Waals surface area contributed by atoms with E-state index in [9.17, 15) is 19.7 Å². The molecule has 0 N–H and O–H groups in total. The van der Waals surface area contributed by atoms with Crippen LogP contribution in [0, 0.1) is 10.1 Å². The smallest absolute Gasteiger partial charge is 0.417 e. The molecule has 0 unspecified atom stereocenters. The van der Waals surface area contributed by atoms with E-state index in [1.807, 2.05) is 0 Å². The zero-order valence-electron chi connectivity index (χ0n) is 11.5. The minimum Gasteiger partial charge on any atom is -0.417 e. The van der Waals surface area contributed by atoms with Crippen LogP contribution in [0.1, 0.15) is 17.6 Å². The first-order valence-electron chi connectivity index (χ1n) is 6.47. The fourth-order valence-corrected chi connectivity index (χ4v) is 1.95. The highest BCUT2D eigenvalue weighted by atomic mass is 16.7. The van der Waals surface area contributed by atoms with Gasteiger partial charge in [0.15, 0.2) is 0 Å². The number of nitro groups is 1. The van der Waals surface area contributed by atoms with Crippen LogP contribution in [0.25, 0.3) is 6.08 Å². The lowest BCUT2D eigenvalue weighted by molar-refractivity contribution is -0.402. The molecule has 0 amide bonds. The van der Waals surface area contributed by atoms with Crippen LogP contribution in [0.3, 0.4) is 0 Å². The summed E-state index contributed by atoms with van der Waals surface area (Å²) in [7, 11) is 0. The molecule has 1 aliphatic rings. The van der Waals surface area contributed by atoms with Crippen molar-refractivity contribution in [2.75, 3.05) is 0 Å². The third kappa shape index (κ3) is 2.95. The first-order valence-corrected chi connectivity index (χ1v) is 6.47. The summed E-state index contributed by atoms with van der Waals surface area (Å²) in [6.07, 6.45) is -0.0851. The first-order chi connectivity index (χ1) is 11.0. The minimum absolute atomic E-state index is 0.0289. The van der Waals surface area contributed by atoms with Gasteiger partial charge in [0.1, 0.15) is 16.3 Å². The molecule has 116 valence electrons. The van der Waals surface area contributed by atoms with Crippen LogP contribution in [0.2, 0.25) is 0 Å². The Labute approximate surface area is 129 Å². The maximum absolute atomic E-state index is 12.0. The zero-order chi connectivity index (χ0) is 16.4. The molecule has 0 atom stereocenters. The lowest BCUT2D eigenvalue weighted by Gasteiger charge is -2.23. The third-order valence-electron chi connectivity index (χ3n) is 3.02. The molecule has 0 saturated carbocycles. The van der Waals surface area contributed by atoms with Gasteiger partial charge in [-0.2, -0.15) is 0 Å². The second kappa shape index (κ2) is 5.76. The lowest BCUT2D eigenvalue weighted by atomic mass is 10.1. The molecule has 0 radical (unpaired) electrons. The number of rotatable bonds is 3. The largest absolute Gasteiger partial charge is 0.433 e. The summed E-state index contributed by atoms with van der Waals surface area (Å²) in [5.74, 6) is -2.32. The van der Waals surface area contributed by atoms with Crippen LogP contribution in [-0.4, -0.2) is 16.9 Å². The van der Waals surface area contributed by atoms with Crippen LogP contribution < -0.4 is 0 Å². The Balaban J connectivity index is 1.82. The Morgan fingerprint density at radius 3 is 2.22 bits per heavy atom. The molecule has 3 rings (SSSR count). The van der Waals surface area contributed by atoms with Crippen molar-refractivity contribution >= 4 is 23.9 Å². The molecule has 2 heterocycles. The van der Waals surface area contributed by atoms with Crippen molar-refractivity contribution in [1.29, 1.82) is 0 Å². The van der Waals surface area contributed by atoms with Crippen molar-refractivity contribution in [2.45, 2.75) is 6.29 Å². The SMILES string of the molecule is O=C1OC(c2ccccc2)OC(=O)C1=Cc1ccc([N+](=O)[O-])o1. The van der Waals surface area contributed by atoms with E-state index in [0.29, 0.717) is 5.56 Å². The third-order valence-corrected chi connectivity index (χ3v) is 3.02. The first kappa shape index (κ1) is 14.5. The molecule has 1 saturated heterocycles. The Bertz CT molecular complexity index is 786. The fraction of sp³-hybridized carbons (Fsp3) is 0.0667. The predicted molar refractivity (Wildman–Crippen MR) is 74.7 cm³/mol. The van der Waals surface area contributed by atoms with Gasteiger partial charge in [-0.25, -0.2) is 9.59 Å². The molecule has 0 spiro atoms. The molecular weight excluding hydrogens is 306 g/mol. The van der Waals surface area contributed by atoms with Crippen molar-refractivity contribution in [3.63, 3.8) is 0 Å². The second-order valence-electron chi connectivity index (χ2n) is 4.54. The van der Waals surface area contributed by atoms with Gasteiger partial charge < -0.3 is 13.9 Å². The van der Waals surface area contributed by atoms with Gasteiger partial charge in [-0.15, -0.1) is 0 Å². The van der Waals surface area contributed by atoms with E-state index in [2.05, 4.69) is 0 Å². The van der Waals surface area contributed by atoms with Crippen LogP contribution in [-0.2, 0) is 19.1 Å². The molecule has 1 aromatic heterocycles. The van der Waals surface area contributed by atoms with Crippen molar-refractivity contribution < 1.29 is 28.4 Å². The maximum Gasteiger partial charge on any atom is 0.433 e. The van der Waals surface area contributed by atoms with Crippen LogP contribution in [0.5, 0.6) is 0 Å². The molecular formula is C15H9NO7. The molecule has 8 nitrogen and oxygen atoms in total. The molecule has 1 fully saturated rings. The summed E-state index contributed by atoms with van der Waals surface area (Å²) in [4.78, 5) is 33.7. The lowest BCUT2D eigenvalue weighted by Crippen LogP contribution is -2.29. The van der Waals surface area contributed by atoms with Gasteiger partial charge in [0.25, 0.3) is 6.29 Å². The van der Waals surface area contributed by atoms with Crippen LogP contribution in [0.4, 0.5) is 5.88 Å². The van der Waals surface area contributed by atoms with Gasteiger partial charge in [0, 0.05) is 11.6 Å². The van der Waals surface area contributed by atoms with Gasteiger partial charge in [0.05, 0.1) is 6.07 Å². The Morgan fingerprint density at radius 1 is 1.00 bits per heavy atom. The topological polar surface area (TPSA) is 109 Å². The van der Waals surface area contributed by atoms with E-state index in [1.54, 1.807) is 30.3 Å². The Kier molecular flexibility index (Phi) is 3.63. The van der Waals surface area contributed by atoms with Crippen LogP contribution >= 0.6 is 0 Å². The fourth-order valence-electron chi connectivity index (χ4n) is 1.95. The number of nitrogens with zero attached hydrogens (tertiary/aromatic N) is 1. The maximum atomic E-state index is 12.0. The quantitative estimate of drug-likeness (QED) is 0.281. The monoisotopic (exact) mass is 315 g/mol. The zero-order valence-corrected chi connectivity index (χ0v) is 11.5. The van der Waals surface area contributed by atoms with Gasteiger partial charge in [-0.1, -0.05) is 30.3 Å². The molecule has 0 aliphatic carbocycles. The summed E-state index contributed by atoms with van der Waals surface area (Å²) >= 11 is 0. The second-order valence-corrected chi connectivity index (χ2v) is 4.54. The molecule has 8 heteroatoms. The number of carbonyl (C=O) groups is 2. The van der Waals surface area contributed by atoms with Crippen LogP contribution in [0.15, 0.2) is 52.5 Å². The molecule has 2 aromatic rings. The van der Waals surface area contributed by atoms with Gasteiger partial charge >= 0.3 is 17.8 Å². The highest BCUT2D eigenvalue weighted by Crippen LogP contribution is 2.28. The Hall–Kier alpha value is -3.42. The van der Waals surface area contributed by atoms with Crippen molar-refractivity contribution in [3.8, 4) is 0 Å². The average molecular weight is 315 g/mol. The van der Waals surface area contributed by atoms with E-state index in [0.717, 1.165) is 12.1 Å². The van der Waals surface area contributed by atoms with E-state index >= 15 is 0 Å².